The number of carbonyl (C=O) groups excluding carboxylic acids is 1. The van der Waals surface area contributed by atoms with Crippen molar-refractivity contribution in [3.63, 3.8) is 0 Å². The van der Waals surface area contributed by atoms with Gasteiger partial charge in [0.1, 0.15) is 11.5 Å². The van der Waals surface area contributed by atoms with Crippen LogP contribution in [0, 0.1) is 18.2 Å². The molecule has 0 bridgehead atoms. The second kappa shape index (κ2) is 4.27. The van der Waals surface area contributed by atoms with Crippen LogP contribution in [-0.2, 0) is 6.42 Å². The average molecular weight is 272 g/mol. The SMILES string of the molecule is Cc1nn(-c2ccccc2F)c2c1C(=O)CC(C)(C)C2. The molecule has 3 rings (SSSR count). The lowest BCUT2D eigenvalue weighted by Gasteiger charge is -2.29. The van der Waals surface area contributed by atoms with Crippen molar-refractivity contribution in [3.8, 4) is 5.69 Å². The van der Waals surface area contributed by atoms with E-state index in [1.807, 2.05) is 6.92 Å². The van der Waals surface area contributed by atoms with Crippen molar-refractivity contribution in [1.82, 2.24) is 9.78 Å². The van der Waals surface area contributed by atoms with Gasteiger partial charge in [-0.15, -0.1) is 0 Å². The zero-order valence-electron chi connectivity index (χ0n) is 11.9. The minimum atomic E-state index is -0.325. The van der Waals surface area contributed by atoms with Crippen LogP contribution in [0.3, 0.4) is 0 Å². The highest BCUT2D eigenvalue weighted by Crippen LogP contribution is 2.37. The van der Waals surface area contributed by atoms with Crippen molar-refractivity contribution in [2.45, 2.75) is 33.6 Å². The van der Waals surface area contributed by atoms with Gasteiger partial charge in [-0.05, 0) is 30.9 Å². The second-order valence-electron chi connectivity index (χ2n) is 6.21. The van der Waals surface area contributed by atoms with Crippen molar-refractivity contribution < 1.29 is 9.18 Å². The van der Waals surface area contributed by atoms with Crippen LogP contribution < -0.4 is 0 Å². The summed E-state index contributed by atoms with van der Waals surface area (Å²) in [6, 6.07) is 6.52. The van der Waals surface area contributed by atoms with Crippen LogP contribution in [0.5, 0.6) is 0 Å². The first-order chi connectivity index (χ1) is 9.39. The highest BCUT2D eigenvalue weighted by Gasteiger charge is 2.35. The number of aryl methyl sites for hydroxylation is 1. The number of hydrogen-bond acceptors (Lipinski definition) is 2. The molecule has 0 spiro atoms. The summed E-state index contributed by atoms with van der Waals surface area (Å²) in [6.45, 7) is 5.93. The molecule has 0 N–H and O–H groups in total. The first-order valence-corrected chi connectivity index (χ1v) is 6.76. The highest BCUT2D eigenvalue weighted by atomic mass is 19.1. The van der Waals surface area contributed by atoms with Gasteiger partial charge in [-0.3, -0.25) is 4.79 Å². The molecule has 0 aliphatic heterocycles. The van der Waals surface area contributed by atoms with Crippen molar-refractivity contribution in [1.29, 1.82) is 0 Å². The fourth-order valence-electron chi connectivity index (χ4n) is 2.96. The zero-order chi connectivity index (χ0) is 14.5. The lowest BCUT2D eigenvalue weighted by Crippen LogP contribution is -2.28. The fraction of sp³-hybridized carbons (Fsp3) is 0.375. The number of aromatic nitrogens is 2. The van der Waals surface area contributed by atoms with Crippen LogP contribution in [0.15, 0.2) is 24.3 Å². The summed E-state index contributed by atoms with van der Waals surface area (Å²) < 4.78 is 15.6. The zero-order valence-corrected chi connectivity index (χ0v) is 11.9. The molecule has 0 unspecified atom stereocenters. The van der Waals surface area contributed by atoms with Crippen molar-refractivity contribution in [3.05, 3.63) is 47.0 Å². The summed E-state index contributed by atoms with van der Waals surface area (Å²) in [7, 11) is 0. The summed E-state index contributed by atoms with van der Waals surface area (Å²) in [5.74, 6) is -0.218. The van der Waals surface area contributed by atoms with E-state index in [2.05, 4.69) is 18.9 Å². The molecule has 1 heterocycles. The molecule has 2 aromatic rings. The van der Waals surface area contributed by atoms with Crippen LogP contribution in [0.4, 0.5) is 4.39 Å². The Morgan fingerprint density at radius 2 is 1.95 bits per heavy atom. The maximum Gasteiger partial charge on any atom is 0.167 e. The standard InChI is InChI=1S/C16H17FN2O/c1-10-15-13(8-16(2,3)9-14(15)20)19(18-10)12-7-5-4-6-11(12)17/h4-7H,8-9H2,1-3H3. The maximum atomic E-state index is 14.0. The third kappa shape index (κ3) is 1.96. The molecule has 4 heteroatoms. The normalized spacial score (nSPS) is 17.1. The molecule has 1 aromatic heterocycles. The first kappa shape index (κ1) is 13.0. The summed E-state index contributed by atoms with van der Waals surface area (Å²) in [6.07, 6.45) is 1.24. The quantitative estimate of drug-likeness (QED) is 0.796. The molecule has 1 aromatic carbocycles. The number of ketones is 1. The smallest absolute Gasteiger partial charge is 0.167 e. The Morgan fingerprint density at radius 3 is 2.65 bits per heavy atom. The van der Waals surface area contributed by atoms with Gasteiger partial charge in [0.25, 0.3) is 0 Å². The minimum absolute atomic E-state index is 0.108. The Labute approximate surface area is 117 Å². The highest BCUT2D eigenvalue weighted by molar-refractivity contribution is 5.99. The minimum Gasteiger partial charge on any atom is -0.294 e. The summed E-state index contributed by atoms with van der Waals surface area (Å²) in [5, 5.41) is 4.40. The van der Waals surface area contributed by atoms with E-state index in [0.29, 0.717) is 23.4 Å². The predicted octanol–water partition coefficient (Wildman–Crippen LogP) is 3.47. The van der Waals surface area contributed by atoms with E-state index in [9.17, 15) is 9.18 Å². The topological polar surface area (TPSA) is 34.9 Å². The lowest BCUT2D eigenvalue weighted by molar-refractivity contribution is 0.0910. The van der Waals surface area contributed by atoms with Crippen molar-refractivity contribution in [2.75, 3.05) is 0 Å². The molecule has 0 fully saturated rings. The largest absolute Gasteiger partial charge is 0.294 e. The molecule has 104 valence electrons. The van der Waals surface area contributed by atoms with Gasteiger partial charge >= 0.3 is 0 Å². The monoisotopic (exact) mass is 272 g/mol. The number of benzene rings is 1. The van der Waals surface area contributed by atoms with Crippen LogP contribution in [0.25, 0.3) is 5.69 Å². The lowest BCUT2D eigenvalue weighted by atomic mass is 9.75. The van der Waals surface area contributed by atoms with Crippen LogP contribution in [-0.4, -0.2) is 15.6 Å². The summed E-state index contributed by atoms with van der Waals surface area (Å²) in [4.78, 5) is 12.3. The van der Waals surface area contributed by atoms with E-state index < -0.39 is 0 Å². The Hall–Kier alpha value is -1.97. The number of hydrogen-bond donors (Lipinski definition) is 0. The Kier molecular flexibility index (Phi) is 2.78. The van der Waals surface area contributed by atoms with Gasteiger partial charge in [0.15, 0.2) is 5.78 Å². The van der Waals surface area contributed by atoms with Gasteiger partial charge in [0, 0.05) is 6.42 Å². The number of rotatable bonds is 1. The number of fused-ring (bicyclic) bond motifs is 1. The molecule has 3 nitrogen and oxygen atoms in total. The fourth-order valence-corrected chi connectivity index (χ4v) is 2.96. The number of para-hydroxylation sites is 1. The molecule has 0 radical (unpaired) electrons. The van der Waals surface area contributed by atoms with E-state index >= 15 is 0 Å². The van der Waals surface area contributed by atoms with Crippen molar-refractivity contribution >= 4 is 5.78 Å². The maximum absolute atomic E-state index is 14.0. The number of nitrogens with zero attached hydrogens (tertiary/aromatic N) is 2. The Bertz CT molecular complexity index is 700. The number of halogens is 1. The molecule has 0 atom stereocenters. The predicted molar refractivity (Wildman–Crippen MR) is 74.7 cm³/mol. The van der Waals surface area contributed by atoms with E-state index in [1.54, 1.807) is 22.9 Å². The molecule has 1 aliphatic rings. The average Bonchev–Trinajstić information content (AvgIpc) is 2.65. The van der Waals surface area contributed by atoms with Crippen LogP contribution in [0.2, 0.25) is 0 Å². The molecule has 20 heavy (non-hydrogen) atoms. The number of Topliss-reactive ketones (excluding diaryl/α,β-unsaturated/α-hetero) is 1. The van der Waals surface area contributed by atoms with E-state index in [-0.39, 0.29) is 17.0 Å². The Morgan fingerprint density at radius 1 is 1.25 bits per heavy atom. The molecule has 0 amide bonds. The molecular weight excluding hydrogens is 255 g/mol. The Balaban J connectivity index is 2.23. The molecule has 1 aliphatic carbocycles. The molecule has 0 saturated heterocycles. The van der Waals surface area contributed by atoms with Crippen LogP contribution in [0.1, 0.15) is 42.0 Å². The number of carbonyl (C=O) groups is 1. The van der Waals surface area contributed by atoms with Gasteiger partial charge in [-0.1, -0.05) is 26.0 Å². The van der Waals surface area contributed by atoms with Gasteiger partial charge in [0.2, 0.25) is 0 Å². The first-order valence-electron chi connectivity index (χ1n) is 6.76. The third-order valence-corrected chi connectivity index (χ3v) is 3.80. The third-order valence-electron chi connectivity index (χ3n) is 3.80. The van der Waals surface area contributed by atoms with Gasteiger partial charge in [-0.25, -0.2) is 9.07 Å². The van der Waals surface area contributed by atoms with E-state index in [0.717, 1.165) is 12.1 Å². The summed E-state index contributed by atoms with van der Waals surface area (Å²) in [5.41, 5.74) is 2.48. The van der Waals surface area contributed by atoms with Gasteiger partial charge in [0.05, 0.1) is 17.0 Å². The second-order valence-corrected chi connectivity index (χ2v) is 6.21. The van der Waals surface area contributed by atoms with Gasteiger partial charge < -0.3 is 0 Å². The molecule has 0 saturated carbocycles. The van der Waals surface area contributed by atoms with E-state index in [1.165, 1.54) is 6.07 Å². The van der Waals surface area contributed by atoms with Gasteiger partial charge in [-0.2, -0.15) is 5.10 Å². The summed E-state index contributed by atoms with van der Waals surface area (Å²) >= 11 is 0. The molecular formula is C16H17FN2O. The van der Waals surface area contributed by atoms with Crippen LogP contribution >= 0.6 is 0 Å². The van der Waals surface area contributed by atoms with E-state index in [4.69, 9.17) is 0 Å². The van der Waals surface area contributed by atoms with Crippen molar-refractivity contribution in [2.24, 2.45) is 5.41 Å².